The molecule has 98 valence electrons. The normalized spacial score (nSPS) is 21.3. The van der Waals surface area contributed by atoms with Gasteiger partial charge in [-0.25, -0.2) is 0 Å². The van der Waals surface area contributed by atoms with Gasteiger partial charge in [-0.05, 0) is 49.8 Å². The Morgan fingerprint density at radius 3 is 2.50 bits per heavy atom. The van der Waals surface area contributed by atoms with Gasteiger partial charge >= 0.3 is 0 Å². The van der Waals surface area contributed by atoms with Crippen LogP contribution in [0.4, 0.5) is 0 Å². The predicted molar refractivity (Wildman–Crippen MR) is 74.1 cm³/mol. The van der Waals surface area contributed by atoms with Crippen molar-refractivity contribution in [1.82, 2.24) is 0 Å². The fourth-order valence-electron chi connectivity index (χ4n) is 2.24. The van der Waals surface area contributed by atoms with Crippen LogP contribution in [0.5, 0.6) is 11.5 Å². The van der Waals surface area contributed by atoms with Crippen LogP contribution in [0.3, 0.4) is 0 Å². The van der Waals surface area contributed by atoms with Crippen molar-refractivity contribution in [3.05, 3.63) is 22.2 Å². The Bertz CT molecular complexity index is 467. The van der Waals surface area contributed by atoms with Crippen LogP contribution in [0, 0.1) is 0 Å². The van der Waals surface area contributed by atoms with Crippen molar-refractivity contribution in [2.24, 2.45) is 5.73 Å². The van der Waals surface area contributed by atoms with Gasteiger partial charge in [-0.3, -0.25) is 0 Å². The molecule has 3 rings (SSSR count). The van der Waals surface area contributed by atoms with Gasteiger partial charge in [0.15, 0.2) is 11.5 Å². The Morgan fingerprint density at radius 1 is 1.28 bits per heavy atom. The summed E-state index contributed by atoms with van der Waals surface area (Å²) in [6.07, 6.45) is 5.98. The molecule has 18 heavy (non-hydrogen) atoms. The first-order valence-corrected chi connectivity index (χ1v) is 7.25. The van der Waals surface area contributed by atoms with E-state index in [-0.39, 0.29) is 5.54 Å². The molecular weight excluding hydrogens is 294 g/mol. The van der Waals surface area contributed by atoms with E-state index in [0.717, 1.165) is 47.2 Å². The van der Waals surface area contributed by atoms with Gasteiger partial charge in [-0.2, -0.15) is 0 Å². The zero-order chi connectivity index (χ0) is 12.8. The van der Waals surface area contributed by atoms with Crippen molar-refractivity contribution >= 4 is 15.9 Å². The zero-order valence-electron chi connectivity index (χ0n) is 10.5. The van der Waals surface area contributed by atoms with Gasteiger partial charge in [0.25, 0.3) is 0 Å². The first-order chi connectivity index (χ1) is 8.62. The molecule has 0 unspecified atom stereocenters. The van der Waals surface area contributed by atoms with Crippen LogP contribution < -0.4 is 15.2 Å². The number of ether oxygens (including phenoxy) is 2. The largest absolute Gasteiger partial charge is 0.493 e. The van der Waals surface area contributed by atoms with Crippen LogP contribution in [0.2, 0.25) is 0 Å². The van der Waals surface area contributed by atoms with Crippen LogP contribution in [-0.2, 0) is 5.54 Å². The van der Waals surface area contributed by atoms with Gasteiger partial charge in [0, 0.05) is 10.0 Å². The van der Waals surface area contributed by atoms with Crippen molar-refractivity contribution in [2.45, 2.75) is 43.7 Å². The topological polar surface area (TPSA) is 44.5 Å². The SMILES string of the molecule is COc1cc(Br)c(C2(N)CC2)cc1OC1CCC1. The molecular formula is C14H18BrNO2. The fraction of sp³-hybridized carbons (Fsp3) is 0.571. The maximum Gasteiger partial charge on any atom is 0.161 e. The summed E-state index contributed by atoms with van der Waals surface area (Å²) in [6.45, 7) is 0. The van der Waals surface area contributed by atoms with Gasteiger partial charge in [0.2, 0.25) is 0 Å². The van der Waals surface area contributed by atoms with Gasteiger partial charge in [-0.1, -0.05) is 15.9 Å². The molecule has 2 saturated carbocycles. The minimum atomic E-state index is -0.164. The third kappa shape index (κ3) is 2.12. The number of methoxy groups -OCH3 is 1. The second kappa shape index (κ2) is 4.42. The first kappa shape index (κ1) is 12.3. The van der Waals surface area contributed by atoms with Crippen molar-refractivity contribution in [1.29, 1.82) is 0 Å². The molecule has 0 spiro atoms. The van der Waals surface area contributed by atoms with Crippen molar-refractivity contribution in [2.75, 3.05) is 7.11 Å². The van der Waals surface area contributed by atoms with Gasteiger partial charge < -0.3 is 15.2 Å². The van der Waals surface area contributed by atoms with Crippen molar-refractivity contribution in [3.63, 3.8) is 0 Å². The van der Waals surface area contributed by atoms with E-state index in [1.165, 1.54) is 6.42 Å². The average Bonchev–Trinajstić information content (AvgIpc) is 3.03. The number of hydrogen-bond acceptors (Lipinski definition) is 3. The zero-order valence-corrected chi connectivity index (χ0v) is 12.1. The summed E-state index contributed by atoms with van der Waals surface area (Å²) in [5.74, 6) is 1.61. The first-order valence-electron chi connectivity index (χ1n) is 6.46. The van der Waals surface area contributed by atoms with E-state index < -0.39 is 0 Å². The highest BCUT2D eigenvalue weighted by Crippen LogP contribution is 2.48. The Labute approximate surface area is 116 Å². The smallest absolute Gasteiger partial charge is 0.161 e. The minimum Gasteiger partial charge on any atom is -0.493 e. The van der Waals surface area contributed by atoms with E-state index >= 15 is 0 Å². The van der Waals surface area contributed by atoms with Crippen LogP contribution in [0.1, 0.15) is 37.7 Å². The van der Waals surface area contributed by atoms with E-state index in [2.05, 4.69) is 15.9 Å². The predicted octanol–water partition coefficient (Wildman–Crippen LogP) is 3.34. The van der Waals surface area contributed by atoms with E-state index in [4.69, 9.17) is 15.2 Å². The summed E-state index contributed by atoms with van der Waals surface area (Å²) >= 11 is 3.58. The van der Waals surface area contributed by atoms with E-state index in [1.54, 1.807) is 7.11 Å². The maximum atomic E-state index is 6.28. The summed E-state index contributed by atoms with van der Waals surface area (Å²) in [5.41, 5.74) is 7.25. The van der Waals surface area contributed by atoms with Gasteiger partial charge in [-0.15, -0.1) is 0 Å². The molecule has 2 aliphatic carbocycles. The van der Waals surface area contributed by atoms with E-state index in [1.807, 2.05) is 12.1 Å². The molecule has 0 radical (unpaired) electrons. The molecule has 0 aliphatic heterocycles. The molecule has 0 heterocycles. The Morgan fingerprint density at radius 2 is 2.00 bits per heavy atom. The average molecular weight is 312 g/mol. The molecule has 2 N–H and O–H groups in total. The number of rotatable bonds is 4. The second-order valence-electron chi connectivity index (χ2n) is 5.31. The number of nitrogens with two attached hydrogens (primary N) is 1. The summed E-state index contributed by atoms with van der Waals surface area (Å²) in [5, 5.41) is 0. The highest BCUT2D eigenvalue weighted by molar-refractivity contribution is 9.10. The lowest BCUT2D eigenvalue weighted by Crippen LogP contribution is -2.25. The van der Waals surface area contributed by atoms with Crippen molar-refractivity contribution in [3.8, 4) is 11.5 Å². The van der Waals surface area contributed by atoms with Crippen LogP contribution in [-0.4, -0.2) is 13.2 Å². The molecule has 3 nitrogen and oxygen atoms in total. The number of benzene rings is 1. The fourth-order valence-corrected chi connectivity index (χ4v) is 2.96. The molecule has 0 bridgehead atoms. The Balaban J connectivity index is 1.93. The summed E-state index contributed by atoms with van der Waals surface area (Å²) < 4.78 is 12.4. The maximum absolute atomic E-state index is 6.28. The standard InChI is InChI=1S/C14H18BrNO2/c1-17-12-8-11(15)10(14(16)5-6-14)7-13(12)18-9-3-2-4-9/h7-9H,2-6,16H2,1H3. The van der Waals surface area contributed by atoms with Crippen molar-refractivity contribution < 1.29 is 9.47 Å². The monoisotopic (exact) mass is 311 g/mol. The second-order valence-corrected chi connectivity index (χ2v) is 6.16. The molecule has 4 heteroatoms. The molecule has 2 fully saturated rings. The van der Waals surface area contributed by atoms with Crippen LogP contribution in [0.25, 0.3) is 0 Å². The highest BCUT2D eigenvalue weighted by atomic mass is 79.9. The number of halogens is 1. The lowest BCUT2D eigenvalue weighted by Gasteiger charge is -2.28. The molecule has 1 aromatic rings. The molecule has 1 aromatic carbocycles. The lowest BCUT2D eigenvalue weighted by atomic mass is 9.96. The summed E-state index contributed by atoms with van der Waals surface area (Å²) in [4.78, 5) is 0. The Hall–Kier alpha value is -0.740. The van der Waals surface area contributed by atoms with Crippen LogP contribution >= 0.6 is 15.9 Å². The Kier molecular flexibility index (Phi) is 3.02. The van der Waals surface area contributed by atoms with Gasteiger partial charge in [0.05, 0.1) is 13.2 Å². The van der Waals surface area contributed by atoms with E-state index in [9.17, 15) is 0 Å². The number of hydrogen-bond donors (Lipinski definition) is 1. The van der Waals surface area contributed by atoms with Crippen LogP contribution in [0.15, 0.2) is 16.6 Å². The summed E-state index contributed by atoms with van der Waals surface area (Å²) in [6, 6.07) is 4.02. The third-order valence-electron chi connectivity index (χ3n) is 3.92. The molecule has 0 saturated heterocycles. The molecule has 2 aliphatic rings. The minimum absolute atomic E-state index is 0.164. The summed E-state index contributed by atoms with van der Waals surface area (Å²) in [7, 11) is 1.67. The van der Waals surface area contributed by atoms with Gasteiger partial charge in [0.1, 0.15) is 0 Å². The highest BCUT2D eigenvalue weighted by Gasteiger charge is 2.42. The molecule has 0 aromatic heterocycles. The van der Waals surface area contributed by atoms with E-state index in [0.29, 0.717) is 6.10 Å². The molecule has 0 atom stereocenters. The third-order valence-corrected chi connectivity index (χ3v) is 4.58. The lowest BCUT2D eigenvalue weighted by molar-refractivity contribution is 0.116. The quantitative estimate of drug-likeness (QED) is 0.927. The molecule has 0 amide bonds.